The van der Waals surface area contributed by atoms with Crippen LogP contribution in [0.1, 0.15) is 55.5 Å². The van der Waals surface area contributed by atoms with Gasteiger partial charge in [0.25, 0.3) is 0 Å². The first-order valence-electron chi connectivity index (χ1n) is 21.8. The number of carbonyl (C=O) groups is 4. The summed E-state index contributed by atoms with van der Waals surface area (Å²) in [5.41, 5.74) is 8.22. The number of carbonyl (C=O) groups excluding carboxylic acids is 4. The second-order valence-corrected chi connectivity index (χ2v) is 16.1. The highest BCUT2D eigenvalue weighted by Gasteiger charge is 2.58. The number of hydrogen-bond acceptors (Lipinski definition) is 11. The molecule has 0 amide bonds. The van der Waals surface area contributed by atoms with Crippen molar-refractivity contribution in [1.82, 2.24) is 0 Å². The van der Waals surface area contributed by atoms with Crippen LogP contribution in [0.2, 0.25) is 0 Å². The molecule has 0 atom stereocenters. The molecule has 7 aromatic rings. The number of alkyl halides is 4. The Balaban J connectivity index is 0.966. The first kappa shape index (κ1) is 50.2. The van der Waals surface area contributed by atoms with Gasteiger partial charge in [0.1, 0.15) is 23.0 Å². The van der Waals surface area contributed by atoms with Crippen molar-refractivity contribution in [1.29, 1.82) is 0 Å². The summed E-state index contributed by atoms with van der Waals surface area (Å²) in [6.45, 7) is 1.17. The maximum absolute atomic E-state index is 14.5. The van der Waals surface area contributed by atoms with E-state index in [1.807, 2.05) is 36.4 Å². The first-order chi connectivity index (χ1) is 34.0. The van der Waals surface area contributed by atoms with Crippen molar-refractivity contribution >= 4 is 52.8 Å². The van der Waals surface area contributed by atoms with E-state index in [1.54, 1.807) is 31.4 Å². The smallest absolute Gasteiger partial charge is 0.497 e. The maximum atomic E-state index is 14.5. The Labute approximate surface area is 406 Å². The average Bonchev–Trinajstić information content (AvgIpc) is 3.36. The number of esters is 3. The molecule has 71 heavy (non-hydrogen) atoms. The highest BCUT2D eigenvalue weighted by atomic mass is 19.3. The van der Waals surface area contributed by atoms with Crippen LogP contribution in [0.25, 0.3) is 11.6 Å². The molecular weight excluding hydrogens is 923 g/mol. The summed E-state index contributed by atoms with van der Waals surface area (Å²) in [5, 5.41) is 0. The Morgan fingerprint density at radius 1 is 0.465 bits per heavy atom. The third kappa shape index (κ3) is 13.1. The van der Waals surface area contributed by atoms with Crippen LogP contribution >= 0.6 is 0 Å². The van der Waals surface area contributed by atoms with E-state index >= 15 is 0 Å². The molecule has 0 heterocycles. The van der Waals surface area contributed by atoms with Gasteiger partial charge in [-0.2, -0.15) is 17.6 Å². The lowest BCUT2D eigenvalue weighted by atomic mass is 9.95. The minimum Gasteiger partial charge on any atom is -0.497 e. The molecular formula is C56H45F4NO10. The fraction of sp³-hybridized carbons (Fsp3) is 0.143. The fourth-order valence-corrected chi connectivity index (χ4v) is 6.92. The summed E-state index contributed by atoms with van der Waals surface area (Å²) in [7, 11) is 1.59. The predicted molar refractivity (Wildman–Crippen MR) is 258 cm³/mol. The summed E-state index contributed by atoms with van der Waals surface area (Å²) in [6, 6.07) is 48.2. The summed E-state index contributed by atoms with van der Waals surface area (Å²) < 4.78 is 87.7. The van der Waals surface area contributed by atoms with Gasteiger partial charge in [-0.05, 0) is 151 Å². The van der Waals surface area contributed by atoms with Crippen LogP contribution in [0.4, 0.5) is 39.4 Å². The molecule has 0 bridgehead atoms. The molecule has 0 N–H and O–H groups in total. The molecule has 11 nitrogen and oxygen atoms in total. The third-order valence-corrected chi connectivity index (χ3v) is 10.8. The Kier molecular flexibility index (Phi) is 15.6. The zero-order chi connectivity index (χ0) is 50.7. The van der Waals surface area contributed by atoms with Crippen LogP contribution in [-0.4, -0.2) is 56.2 Å². The van der Waals surface area contributed by atoms with Gasteiger partial charge in [-0.15, -0.1) is 0 Å². The molecule has 0 saturated carbocycles. The van der Waals surface area contributed by atoms with Crippen molar-refractivity contribution < 1.29 is 65.2 Å². The quantitative estimate of drug-likeness (QED) is 0.0284. The normalized spacial score (nSPS) is 11.5. The van der Waals surface area contributed by atoms with E-state index in [-0.39, 0.29) is 28.4 Å². The minimum absolute atomic E-state index is 0.0557. The summed E-state index contributed by atoms with van der Waals surface area (Å²) in [4.78, 5) is 50.8. The monoisotopic (exact) mass is 967 g/mol. The molecule has 0 aliphatic rings. The summed E-state index contributed by atoms with van der Waals surface area (Å²) in [6.07, 6.45) is 0.919. The van der Waals surface area contributed by atoms with Gasteiger partial charge >= 0.3 is 35.9 Å². The van der Waals surface area contributed by atoms with E-state index in [0.717, 1.165) is 93.8 Å². The van der Waals surface area contributed by atoms with Gasteiger partial charge in [0.2, 0.25) is 0 Å². The Morgan fingerprint density at radius 3 is 1.17 bits per heavy atom. The van der Waals surface area contributed by atoms with E-state index < -0.39 is 49.1 Å². The standard InChI is InChI=1S/C56H45F4NO10/c1-36-5-19-44(20-6-36)61(45-21-7-37(2)8-22-45)46-23-9-39(10-24-46)33-51(40-11-25-47(66-4)26-12-40)41-13-27-49(28-14-41)70-54(65)71-50-31-17-43(18-32-50)53(64)68-35-56(59,60)55(57,58)34-67-52(63)42-15-29-48(30-16-42)69-38(3)62/h5-33H,34-35H2,1-4H3/b51-33+. The molecule has 7 aromatic carbocycles. The zero-order valence-electron chi connectivity index (χ0n) is 38.7. The van der Waals surface area contributed by atoms with Gasteiger partial charge in [-0.1, -0.05) is 71.8 Å². The van der Waals surface area contributed by atoms with E-state index in [1.165, 1.54) is 12.1 Å². The number of hydrogen-bond donors (Lipinski definition) is 0. The van der Waals surface area contributed by atoms with Crippen molar-refractivity contribution in [3.05, 3.63) is 209 Å². The van der Waals surface area contributed by atoms with E-state index in [9.17, 15) is 36.7 Å². The maximum Gasteiger partial charge on any atom is 0.519 e. The Hall–Kier alpha value is -8.72. The highest BCUT2D eigenvalue weighted by molar-refractivity contribution is 5.93. The molecule has 15 heteroatoms. The number of halogens is 4. The molecule has 0 radical (unpaired) electrons. The van der Waals surface area contributed by atoms with Gasteiger partial charge in [-0.3, -0.25) is 4.79 Å². The molecule has 0 saturated heterocycles. The summed E-state index contributed by atoms with van der Waals surface area (Å²) >= 11 is 0. The molecule has 0 aromatic heterocycles. The van der Waals surface area contributed by atoms with Crippen LogP contribution in [0.5, 0.6) is 23.0 Å². The SMILES string of the molecule is COc1ccc(/C(=C\c2ccc(N(c3ccc(C)cc3)c3ccc(C)cc3)cc2)c2ccc(OC(=O)Oc3ccc(C(=O)OCC(F)(F)C(F)(F)COC(=O)c4ccc(OC(C)=O)cc4)cc3)cc2)cc1. The van der Waals surface area contributed by atoms with Gasteiger partial charge < -0.3 is 33.3 Å². The van der Waals surface area contributed by atoms with Gasteiger partial charge in [0.15, 0.2) is 13.2 Å². The second kappa shape index (κ2) is 22.1. The highest BCUT2D eigenvalue weighted by Crippen LogP contribution is 2.37. The van der Waals surface area contributed by atoms with Crippen molar-refractivity contribution in [3.63, 3.8) is 0 Å². The first-order valence-corrected chi connectivity index (χ1v) is 21.8. The molecule has 362 valence electrons. The second-order valence-electron chi connectivity index (χ2n) is 16.1. The molecule has 0 unspecified atom stereocenters. The fourth-order valence-electron chi connectivity index (χ4n) is 6.92. The zero-order valence-corrected chi connectivity index (χ0v) is 38.7. The Morgan fingerprint density at radius 2 is 0.803 bits per heavy atom. The van der Waals surface area contributed by atoms with Gasteiger partial charge in [0, 0.05) is 24.0 Å². The number of aryl methyl sites for hydroxylation is 2. The lowest BCUT2D eigenvalue weighted by Gasteiger charge is -2.26. The van der Waals surface area contributed by atoms with Crippen LogP contribution in [0, 0.1) is 13.8 Å². The molecule has 7 rings (SSSR count). The summed E-state index contributed by atoms with van der Waals surface area (Å²) in [5.74, 6) is -12.5. The number of nitrogens with zero attached hydrogens (tertiary/aromatic N) is 1. The molecule has 0 aliphatic carbocycles. The van der Waals surface area contributed by atoms with Crippen LogP contribution in [0.15, 0.2) is 170 Å². The number of anilines is 3. The minimum atomic E-state index is -4.94. The van der Waals surface area contributed by atoms with Crippen LogP contribution < -0.4 is 23.8 Å². The topological polar surface area (TPSA) is 127 Å². The molecule has 0 fully saturated rings. The lowest BCUT2D eigenvalue weighted by molar-refractivity contribution is -0.239. The van der Waals surface area contributed by atoms with Crippen molar-refractivity contribution in [2.24, 2.45) is 0 Å². The molecule has 0 aliphatic heterocycles. The van der Waals surface area contributed by atoms with Gasteiger partial charge in [0.05, 0.1) is 18.2 Å². The van der Waals surface area contributed by atoms with Gasteiger partial charge in [-0.25, -0.2) is 14.4 Å². The van der Waals surface area contributed by atoms with Crippen molar-refractivity contribution in [2.45, 2.75) is 32.6 Å². The predicted octanol–water partition coefficient (Wildman–Crippen LogP) is 13.2. The van der Waals surface area contributed by atoms with Crippen LogP contribution in [0.3, 0.4) is 0 Å². The van der Waals surface area contributed by atoms with E-state index in [0.29, 0.717) is 5.75 Å². The third-order valence-electron chi connectivity index (χ3n) is 10.8. The van der Waals surface area contributed by atoms with E-state index in [4.69, 9.17) is 18.9 Å². The largest absolute Gasteiger partial charge is 0.519 e. The number of ether oxygens (including phenoxy) is 6. The Bertz CT molecular complexity index is 2950. The van der Waals surface area contributed by atoms with Crippen LogP contribution in [-0.2, 0) is 14.3 Å². The van der Waals surface area contributed by atoms with Crippen molar-refractivity contribution in [3.8, 4) is 23.0 Å². The number of rotatable bonds is 17. The van der Waals surface area contributed by atoms with Crippen molar-refractivity contribution in [2.75, 3.05) is 25.2 Å². The molecule has 0 spiro atoms. The van der Waals surface area contributed by atoms with E-state index in [2.05, 4.69) is 95.0 Å². The average molecular weight is 968 g/mol. The number of methoxy groups -OCH3 is 1. The number of benzene rings is 7. The lowest BCUT2D eigenvalue weighted by Crippen LogP contribution is -2.48.